The van der Waals surface area contributed by atoms with Gasteiger partial charge in [-0.1, -0.05) is 29.8 Å². The van der Waals surface area contributed by atoms with Gasteiger partial charge in [0.1, 0.15) is 0 Å². The highest BCUT2D eigenvalue weighted by molar-refractivity contribution is 7.80. The van der Waals surface area contributed by atoms with Gasteiger partial charge in [0.15, 0.2) is 10.8 Å². The number of carbonyl (C=O) groups is 1. The molecule has 1 rings (SSSR count). The van der Waals surface area contributed by atoms with Crippen LogP contribution in [0.1, 0.15) is 5.56 Å². The van der Waals surface area contributed by atoms with Gasteiger partial charge in [0, 0.05) is 5.02 Å². The fourth-order valence-electron chi connectivity index (χ4n) is 1.02. The van der Waals surface area contributed by atoms with Gasteiger partial charge in [-0.3, -0.25) is 5.43 Å². The Morgan fingerprint density at radius 3 is 2.56 bits per heavy atom. The second kappa shape index (κ2) is 6.73. The molecule has 1 aromatic carbocycles. The number of rotatable bonds is 4. The summed E-state index contributed by atoms with van der Waals surface area (Å²) in [5.41, 5.74) is 7.95. The number of carboxylic acids is 1. The van der Waals surface area contributed by atoms with Crippen LogP contribution >= 0.6 is 23.8 Å². The first-order valence-corrected chi connectivity index (χ1v) is 5.57. The summed E-state index contributed by atoms with van der Waals surface area (Å²) >= 11 is 10.2. The third-order valence-electron chi connectivity index (χ3n) is 1.81. The molecule has 0 amide bonds. The lowest BCUT2D eigenvalue weighted by molar-refractivity contribution is -0.129. The van der Waals surface area contributed by atoms with Crippen molar-refractivity contribution in [1.29, 1.82) is 0 Å². The lowest BCUT2D eigenvalue weighted by Gasteiger charge is -1.97. The van der Waals surface area contributed by atoms with E-state index in [-0.39, 0.29) is 10.8 Å². The fraction of sp³-hybridized carbons (Fsp3) is 0. The summed E-state index contributed by atoms with van der Waals surface area (Å²) in [6, 6.07) is 6.90. The van der Waals surface area contributed by atoms with Gasteiger partial charge in [0.05, 0.1) is 0 Å². The first kappa shape index (κ1) is 14.1. The first-order chi connectivity index (χ1) is 8.49. The van der Waals surface area contributed by atoms with Crippen molar-refractivity contribution in [3.63, 3.8) is 0 Å². The number of aliphatic carboxylic acids is 1. The van der Waals surface area contributed by atoms with Crippen LogP contribution in [0, 0.1) is 0 Å². The van der Waals surface area contributed by atoms with Gasteiger partial charge in [-0.25, -0.2) is 4.79 Å². The van der Waals surface area contributed by atoms with E-state index in [0.29, 0.717) is 5.02 Å². The molecule has 94 valence electrons. The Hall–Kier alpha value is -1.92. The molecular weight excluding hydrogens is 274 g/mol. The van der Waals surface area contributed by atoms with Crippen molar-refractivity contribution in [3.8, 4) is 0 Å². The quantitative estimate of drug-likeness (QED) is 0.444. The van der Waals surface area contributed by atoms with Crippen LogP contribution in [-0.2, 0) is 4.79 Å². The van der Waals surface area contributed by atoms with Gasteiger partial charge < -0.3 is 10.8 Å². The van der Waals surface area contributed by atoms with Gasteiger partial charge in [0.2, 0.25) is 0 Å². The zero-order valence-corrected chi connectivity index (χ0v) is 10.7. The Morgan fingerprint density at radius 1 is 1.44 bits per heavy atom. The summed E-state index contributed by atoms with van der Waals surface area (Å²) in [5.74, 6) is -1.19. The summed E-state index contributed by atoms with van der Waals surface area (Å²) in [5, 5.41) is 12.9. The molecule has 0 aromatic heterocycles. The second-order valence-corrected chi connectivity index (χ2v) is 4.04. The normalized spacial score (nSPS) is 11.5. The highest BCUT2D eigenvalue weighted by atomic mass is 35.5. The van der Waals surface area contributed by atoms with Gasteiger partial charge in [-0.05, 0) is 36.0 Å². The molecule has 1 aromatic rings. The number of halogens is 1. The highest BCUT2D eigenvalue weighted by Gasteiger charge is 2.04. The van der Waals surface area contributed by atoms with Crippen molar-refractivity contribution in [1.82, 2.24) is 5.43 Å². The SMILES string of the molecule is NC(=S)N/N=C(\C=C\c1ccc(Cl)cc1)C(=O)O. The average Bonchev–Trinajstić information content (AvgIpc) is 2.30. The molecule has 0 spiro atoms. The third-order valence-corrected chi connectivity index (χ3v) is 2.15. The minimum absolute atomic E-state index is 0.103. The van der Waals surface area contributed by atoms with E-state index in [9.17, 15) is 4.79 Å². The predicted molar refractivity (Wildman–Crippen MR) is 75.5 cm³/mol. The third kappa shape index (κ3) is 4.94. The average molecular weight is 284 g/mol. The number of hydrogen-bond acceptors (Lipinski definition) is 3. The Balaban J connectivity index is 2.83. The Labute approximate surface area is 114 Å². The molecule has 0 saturated heterocycles. The second-order valence-electron chi connectivity index (χ2n) is 3.16. The molecule has 0 aliphatic carbocycles. The van der Waals surface area contributed by atoms with E-state index in [1.165, 1.54) is 6.08 Å². The summed E-state index contributed by atoms with van der Waals surface area (Å²) in [6.07, 6.45) is 2.92. The number of thiocarbonyl (C=S) groups is 1. The van der Waals surface area contributed by atoms with Crippen molar-refractivity contribution >= 4 is 46.7 Å². The van der Waals surface area contributed by atoms with Crippen molar-refractivity contribution in [3.05, 3.63) is 40.9 Å². The smallest absolute Gasteiger partial charge is 0.356 e. The molecule has 0 bridgehead atoms. The monoisotopic (exact) mass is 283 g/mol. The molecule has 4 N–H and O–H groups in total. The van der Waals surface area contributed by atoms with Crippen LogP contribution in [0.5, 0.6) is 0 Å². The van der Waals surface area contributed by atoms with Crippen LogP contribution in [-0.4, -0.2) is 21.9 Å². The number of hydrazone groups is 1. The van der Waals surface area contributed by atoms with E-state index in [0.717, 1.165) is 5.56 Å². The van der Waals surface area contributed by atoms with Gasteiger partial charge >= 0.3 is 5.97 Å². The molecule has 5 nitrogen and oxygen atoms in total. The highest BCUT2D eigenvalue weighted by Crippen LogP contribution is 2.10. The number of nitrogens with two attached hydrogens (primary N) is 1. The van der Waals surface area contributed by atoms with Crippen molar-refractivity contribution in [2.75, 3.05) is 0 Å². The minimum Gasteiger partial charge on any atom is -0.476 e. The summed E-state index contributed by atoms with van der Waals surface area (Å²) < 4.78 is 0. The van der Waals surface area contributed by atoms with Crippen molar-refractivity contribution in [2.24, 2.45) is 10.8 Å². The van der Waals surface area contributed by atoms with E-state index >= 15 is 0 Å². The maximum absolute atomic E-state index is 10.9. The molecule has 7 heteroatoms. The van der Waals surface area contributed by atoms with Crippen molar-refractivity contribution in [2.45, 2.75) is 0 Å². The fourth-order valence-corrected chi connectivity index (χ4v) is 1.19. The minimum atomic E-state index is -1.19. The molecule has 0 unspecified atom stereocenters. The summed E-state index contributed by atoms with van der Waals surface area (Å²) in [7, 11) is 0. The molecule has 0 saturated carbocycles. The molecule has 0 aliphatic heterocycles. The van der Waals surface area contributed by atoms with Crippen LogP contribution in [0.25, 0.3) is 6.08 Å². The largest absolute Gasteiger partial charge is 0.476 e. The first-order valence-electron chi connectivity index (χ1n) is 4.79. The molecule has 0 heterocycles. The number of benzene rings is 1. The van der Waals surface area contributed by atoms with Crippen LogP contribution < -0.4 is 11.2 Å². The molecule has 0 fully saturated rings. The Kier molecular flexibility index (Phi) is 5.29. The Bertz CT molecular complexity index is 512. The molecule has 0 atom stereocenters. The summed E-state index contributed by atoms with van der Waals surface area (Å²) in [6.45, 7) is 0. The molecule has 18 heavy (non-hydrogen) atoms. The van der Waals surface area contributed by atoms with E-state index < -0.39 is 5.97 Å². The van der Waals surface area contributed by atoms with E-state index in [2.05, 4.69) is 22.7 Å². The number of carboxylic acid groups (broad SMARTS) is 1. The summed E-state index contributed by atoms with van der Waals surface area (Å²) in [4.78, 5) is 10.9. The molecule has 0 radical (unpaired) electrons. The zero-order valence-electron chi connectivity index (χ0n) is 9.13. The predicted octanol–water partition coefficient (Wildman–Crippen LogP) is 1.63. The number of nitrogens with zero attached hydrogens (tertiary/aromatic N) is 1. The van der Waals surface area contributed by atoms with E-state index in [1.54, 1.807) is 30.3 Å². The van der Waals surface area contributed by atoms with Crippen molar-refractivity contribution < 1.29 is 9.90 Å². The maximum atomic E-state index is 10.9. The van der Waals surface area contributed by atoms with Gasteiger partial charge in [0.25, 0.3) is 0 Å². The van der Waals surface area contributed by atoms with Gasteiger partial charge in [-0.2, -0.15) is 5.10 Å². The molecular formula is C11H10ClN3O2S. The van der Waals surface area contributed by atoms with Crippen LogP contribution in [0.15, 0.2) is 35.4 Å². The number of nitrogens with one attached hydrogen (secondary N) is 1. The van der Waals surface area contributed by atoms with Crippen LogP contribution in [0.2, 0.25) is 5.02 Å². The molecule has 0 aliphatic rings. The number of hydrogen-bond donors (Lipinski definition) is 3. The van der Waals surface area contributed by atoms with E-state index in [4.69, 9.17) is 22.4 Å². The van der Waals surface area contributed by atoms with E-state index in [1.807, 2.05) is 0 Å². The van der Waals surface area contributed by atoms with Crippen LogP contribution in [0.4, 0.5) is 0 Å². The Morgan fingerprint density at radius 2 is 2.06 bits per heavy atom. The lowest BCUT2D eigenvalue weighted by Crippen LogP contribution is -2.26. The standard InChI is InChI=1S/C11H10ClN3O2S/c12-8-4-1-7(2-5-8)3-6-9(10(16)17)14-15-11(13)18/h1-6H,(H,16,17)(H3,13,15,18)/b6-3+,14-9+. The van der Waals surface area contributed by atoms with Crippen LogP contribution in [0.3, 0.4) is 0 Å². The van der Waals surface area contributed by atoms with Gasteiger partial charge in [-0.15, -0.1) is 0 Å². The topological polar surface area (TPSA) is 87.7 Å². The zero-order chi connectivity index (χ0) is 13.5. The maximum Gasteiger partial charge on any atom is 0.356 e. The lowest BCUT2D eigenvalue weighted by atomic mass is 10.2.